The summed E-state index contributed by atoms with van der Waals surface area (Å²) in [6.07, 6.45) is 8.03. The van der Waals surface area contributed by atoms with Gasteiger partial charge < -0.3 is 4.90 Å². The number of ketones is 1. The second-order valence-corrected chi connectivity index (χ2v) is 8.35. The molecular weight excluding hydrogens is 320 g/mol. The summed E-state index contributed by atoms with van der Waals surface area (Å²) in [6.45, 7) is 4.97. The second kappa shape index (κ2) is 7.77. The van der Waals surface area contributed by atoms with Crippen LogP contribution in [0.2, 0.25) is 0 Å². The molecule has 1 aliphatic heterocycles. The molecule has 1 saturated carbocycles. The summed E-state index contributed by atoms with van der Waals surface area (Å²) in [5.41, 5.74) is 0.568. The molecule has 3 rings (SSSR count). The first-order valence-electron chi connectivity index (χ1n) is 9.37. The number of rotatable bonds is 3. The monoisotopic (exact) mass is 348 g/mol. The maximum Gasteiger partial charge on any atom is 0.273 e. The minimum absolute atomic E-state index is 0.0309. The topological polar surface area (TPSA) is 50.3 Å². The zero-order chi connectivity index (χ0) is 17.1. The molecule has 0 bridgehead atoms. The molecule has 5 heteroatoms. The predicted octanol–water partition coefficient (Wildman–Crippen LogP) is 4.41. The molecule has 2 fully saturated rings. The Labute approximate surface area is 148 Å². The normalized spacial score (nSPS) is 25.8. The highest BCUT2D eigenvalue weighted by molar-refractivity contribution is 7.09. The fourth-order valence-corrected chi connectivity index (χ4v) is 4.83. The minimum atomic E-state index is 0.0309. The Morgan fingerprint density at radius 3 is 2.71 bits per heavy atom. The van der Waals surface area contributed by atoms with Crippen molar-refractivity contribution in [3.05, 3.63) is 16.1 Å². The SMILES string of the molecule is CC(C)c1nc(C(=O)N2CCCCC[C@@H]2[C@@H]2CCCCC2=O)cs1. The van der Waals surface area contributed by atoms with Gasteiger partial charge in [-0.05, 0) is 25.7 Å². The highest BCUT2D eigenvalue weighted by Gasteiger charge is 2.37. The van der Waals surface area contributed by atoms with E-state index in [1.807, 2.05) is 10.3 Å². The van der Waals surface area contributed by atoms with Crippen LogP contribution in [0.1, 0.15) is 86.6 Å². The van der Waals surface area contributed by atoms with E-state index in [0.717, 1.165) is 56.5 Å². The third kappa shape index (κ3) is 3.71. The van der Waals surface area contributed by atoms with E-state index in [2.05, 4.69) is 18.8 Å². The van der Waals surface area contributed by atoms with Crippen molar-refractivity contribution in [2.45, 2.75) is 77.2 Å². The lowest BCUT2D eigenvalue weighted by Gasteiger charge is -2.36. The molecule has 1 saturated heterocycles. The molecule has 4 nitrogen and oxygen atoms in total. The van der Waals surface area contributed by atoms with Gasteiger partial charge in [-0.1, -0.05) is 33.1 Å². The van der Waals surface area contributed by atoms with Crippen LogP contribution < -0.4 is 0 Å². The van der Waals surface area contributed by atoms with Gasteiger partial charge in [0, 0.05) is 36.2 Å². The molecule has 2 atom stereocenters. The van der Waals surface area contributed by atoms with Gasteiger partial charge >= 0.3 is 0 Å². The molecule has 132 valence electrons. The molecule has 0 radical (unpaired) electrons. The van der Waals surface area contributed by atoms with Crippen molar-refractivity contribution in [2.75, 3.05) is 6.54 Å². The molecule has 1 aromatic heterocycles. The van der Waals surface area contributed by atoms with E-state index in [1.54, 1.807) is 11.3 Å². The number of hydrogen-bond donors (Lipinski definition) is 0. The summed E-state index contributed by atoms with van der Waals surface area (Å²) in [6, 6.07) is 0.0806. The Morgan fingerprint density at radius 2 is 2.00 bits per heavy atom. The Morgan fingerprint density at radius 1 is 1.21 bits per heavy atom. The summed E-state index contributed by atoms with van der Waals surface area (Å²) in [4.78, 5) is 32.1. The number of amides is 1. The van der Waals surface area contributed by atoms with Gasteiger partial charge in [0.05, 0.1) is 5.01 Å². The first kappa shape index (κ1) is 17.6. The van der Waals surface area contributed by atoms with Crippen LogP contribution in [0.25, 0.3) is 0 Å². The van der Waals surface area contributed by atoms with Crippen LogP contribution in [0, 0.1) is 5.92 Å². The summed E-state index contributed by atoms with van der Waals surface area (Å²) in [7, 11) is 0. The number of hydrogen-bond acceptors (Lipinski definition) is 4. The van der Waals surface area contributed by atoms with E-state index in [4.69, 9.17) is 0 Å². The van der Waals surface area contributed by atoms with Gasteiger partial charge in [-0.2, -0.15) is 0 Å². The quantitative estimate of drug-likeness (QED) is 0.813. The van der Waals surface area contributed by atoms with Crippen LogP contribution in [0.3, 0.4) is 0 Å². The Bertz CT molecular complexity index is 596. The summed E-state index contributed by atoms with van der Waals surface area (Å²) in [5, 5.41) is 2.90. The lowest BCUT2D eigenvalue weighted by molar-refractivity contribution is -0.126. The van der Waals surface area contributed by atoms with E-state index < -0.39 is 0 Å². The molecule has 0 spiro atoms. The average Bonchev–Trinajstić information content (AvgIpc) is 2.94. The molecule has 2 aliphatic rings. The third-order valence-corrected chi connectivity index (χ3v) is 6.51. The van der Waals surface area contributed by atoms with Crippen molar-refractivity contribution < 1.29 is 9.59 Å². The largest absolute Gasteiger partial charge is 0.334 e. The highest BCUT2D eigenvalue weighted by Crippen LogP contribution is 2.32. The van der Waals surface area contributed by atoms with E-state index in [1.165, 1.54) is 0 Å². The average molecular weight is 349 g/mol. The summed E-state index contributed by atoms with van der Waals surface area (Å²) in [5.74, 6) is 0.788. The van der Waals surface area contributed by atoms with Crippen molar-refractivity contribution in [1.82, 2.24) is 9.88 Å². The van der Waals surface area contributed by atoms with Crippen LogP contribution in [-0.2, 0) is 4.79 Å². The van der Waals surface area contributed by atoms with Crippen molar-refractivity contribution in [3.8, 4) is 0 Å². The molecule has 1 aromatic rings. The highest BCUT2D eigenvalue weighted by atomic mass is 32.1. The standard InChI is InChI=1S/C19H28N2O2S/c1-13(2)18-20-15(12-24-18)19(23)21-11-7-3-4-9-16(21)14-8-5-6-10-17(14)22/h12-14,16H,3-11H2,1-2H3/t14-,16+/m0/s1. The van der Waals surface area contributed by atoms with Gasteiger partial charge in [0.15, 0.2) is 0 Å². The lowest BCUT2D eigenvalue weighted by atomic mass is 9.80. The minimum Gasteiger partial charge on any atom is -0.334 e. The maximum absolute atomic E-state index is 13.1. The van der Waals surface area contributed by atoms with Gasteiger partial charge in [0.1, 0.15) is 11.5 Å². The smallest absolute Gasteiger partial charge is 0.273 e. The van der Waals surface area contributed by atoms with Crippen molar-refractivity contribution >= 4 is 23.0 Å². The fraction of sp³-hybridized carbons (Fsp3) is 0.737. The molecule has 2 heterocycles. The molecule has 1 aliphatic carbocycles. The van der Waals surface area contributed by atoms with E-state index in [9.17, 15) is 9.59 Å². The number of carbonyl (C=O) groups excluding carboxylic acids is 2. The maximum atomic E-state index is 13.1. The van der Waals surface area contributed by atoms with Gasteiger partial charge in [0.2, 0.25) is 0 Å². The molecule has 0 unspecified atom stereocenters. The number of carbonyl (C=O) groups is 2. The summed E-state index contributed by atoms with van der Waals surface area (Å²) < 4.78 is 0. The first-order valence-corrected chi connectivity index (χ1v) is 10.2. The van der Waals surface area contributed by atoms with Crippen LogP contribution >= 0.6 is 11.3 Å². The van der Waals surface area contributed by atoms with Crippen molar-refractivity contribution in [1.29, 1.82) is 0 Å². The number of aromatic nitrogens is 1. The van der Waals surface area contributed by atoms with Gasteiger partial charge in [0.25, 0.3) is 5.91 Å². The van der Waals surface area contributed by atoms with Crippen LogP contribution in [-0.4, -0.2) is 34.2 Å². The van der Waals surface area contributed by atoms with E-state index >= 15 is 0 Å². The number of thiazole rings is 1. The molecule has 0 aromatic carbocycles. The van der Waals surface area contributed by atoms with Crippen molar-refractivity contribution in [3.63, 3.8) is 0 Å². The predicted molar refractivity (Wildman–Crippen MR) is 96.5 cm³/mol. The Kier molecular flexibility index (Phi) is 5.69. The number of nitrogens with zero attached hydrogens (tertiary/aromatic N) is 2. The number of Topliss-reactive ketones (excluding diaryl/α,β-unsaturated/α-hetero) is 1. The molecule has 0 N–H and O–H groups in total. The van der Waals surface area contributed by atoms with Crippen LogP contribution in [0.15, 0.2) is 5.38 Å². The van der Waals surface area contributed by atoms with E-state index in [-0.39, 0.29) is 17.9 Å². The molecular formula is C19H28N2O2S. The Hall–Kier alpha value is -1.23. The zero-order valence-corrected chi connectivity index (χ0v) is 15.6. The van der Waals surface area contributed by atoms with Gasteiger partial charge in [-0.15, -0.1) is 11.3 Å². The fourth-order valence-electron chi connectivity index (χ4n) is 4.02. The van der Waals surface area contributed by atoms with Crippen LogP contribution in [0.4, 0.5) is 0 Å². The molecule has 1 amide bonds. The van der Waals surface area contributed by atoms with Gasteiger partial charge in [-0.3, -0.25) is 9.59 Å². The first-order chi connectivity index (χ1) is 11.6. The third-order valence-electron chi connectivity index (χ3n) is 5.36. The van der Waals surface area contributed by atoms with Gasteiger partial charge in [-0.25, -0.2) is 4.98 Å². The second-order valence-electron chi connectivity index (χ2n) is 7.46. The lowest BCUT2D eigenvalue weighted by Crippen LogP contribution is -2.47. The number of likely N-dealkylation sites (tertiary alicyclic amines) is 1. The zero-order valence-electron chi connectivity index (χ0n) is 14.8. The van der Waals surface area contributed by atoms with Crippen molar-refractivity contribution in [2.24, 2.45) is 5.92 Å². The van der Waals surface area contributed by atoms with Crippen LogP contribution in [0.5, 0.6) is 0 Å². The summed E-state index contributed by atoms with van der Waals surface area (Å²) >= 11 is 1.57. The van der Waals surface area contributed by atoms with E-state index in [0.29, 0.717) is 23.8 Å². The molecule has 24 heavy (non-hydrogen) atoms. The Balaban J connectivity index is 1.83.